The van der Waals surface area contributed by atoms with E-state index in [0.29, 0.717) is 13.2 Å². The average molecular weight is 259 g/mol. The van der Waals surface area contributed by atoms with Gasteiger partial charge in [-0.2, -0.15) is 0 Å². The molecule has 0 saturated heterocycles. The van der Waals surface area contributed by atoms with Gasteiger partial charge < -0.3 is 10.1 Å². The zero-order valence-corrected chi connectivity index (χ0v) is 10.8. The molecule has 0 aromatic heterocycles. The van der Waals surface area contributed by atoms with Crippen molar-refractivity contribution in [2.75, 3.05) is 13.2 Å². The highest BCUT2D eigenvalue weighted by molar-refractivity contribution is 5.94. The predicted octanol–water partition coefficient (Wildman–Crippen LogP) is 1.94. The molecule has 1 aromatic carbocycles. The van der Waals surface area contributed by atoms with Crippen LogP contribution in [0.2, 0.25) is 0 Å². The first-order chi connectivity index (χ1) is 9.22. The third-order valence-electron chi connectivity index (χ3n) is 2.16. The van der Waals surface area contributed by atoms with Crippen molar-refractivity contribution in [2.24, 2.45) is 0 Å². The Labute approximate surface area is 112 Å². The standard InChI is InChI=1S/C15H17NO3/c1-2-19-15(18)11-10-14(17)16-12-6-9-13-7-4-3-5-8-13/h3-11H,2,12H2,1H3,(H,16,17). The smallest absolute Gasteiger partial charge is 0.330 e. The molecule has 4 nitrogen and oxygen atoms in total. The van der Waals surface area contributed by atoms with Gasteiger partial charge in [-0.05, 0) is 12.5 Å². The molecule has 0 unspecified atom stereocenters. The van der Waals surface area contributed by atoms with E-state index >= 15 is 0 Å². The van der Waals surface area contributed by atoms with Crippen LogP contribution in [0.1, 0.15) is 12.5 Å². The van der Waals surface area contributed by atoms with E-state index in [2.05, 4.69) is 10.1 Å². The second kappa shape index (κ2) is 8.69. The van der Waals surface area contributed by atoms with Crippen molar-refractivity contribution in [3.05, 3.63) is 54.1 Å². The van der Waals surface area contributed by atoms with E-state index in [1.54, 1.807) is 6.92 Å². The molecule has 0 atom stereocenters. The second-order valence-corrected chi connectivity index (χ2v) is 3.64. The van der Waals surface area contributed by atoms with E-state index in [1.165, 1.54) is 0 Å². The molecule has 0 saturated carbocycles. The Kier molecular flexibility index (Phi) is 6.72. The second-order valence-electron chi connectivity index (χ2n) is 3.64. The molecule has 0 spiro atoms. The topological polar surface area (TPSA) is 55.4 Å². The molecule has 0 bridgehead atoms. The van der Waals surface area contributed by atoms with Crippen molar-refractivity contribution in [2.45, 2.75) is 6.92 Å². The first kappa shape index (κ1) is 14.7. The largest absolute Gasteiger partial charge is 0.463 e. The van der Waals surface area contributed by atoms with Gasteiger partial charge in [0.1, 0.15) is 0 Å². The fraction of sp³-hybridized carbons (Fsp3) is 0.200. The molecule has 0 aliphatic rings. The Bertz CT molecular complexity index is 464. The van der Waals surface area contributed by atoms with Gasteiger partial charge in [0.05, 0.1) is 6.61 Å². The molecule has 1 N–H and O–H groups in total. The molecule has 0 fully saturated rings. The number of amides is 1. The minimum atomic E-state index is -0.516. The molecule has 0 aliphatic carbocycles. The van der Waals surface area contributed by atoms with Gasteiger partial charge in [0.2, 0.25) is 5.91 Å². The van der Waals surface area contributed by atoms with Crippen molar-refractivity contribution in [1.82, 2.24) is 5.32 Å². The number of rotatable bonds is 6. The molecule has 100 valence electrons. The van der Waals surface area contributed by atoms with Crippen LogP contribution in [0.4, 0.5) is 0 Å². The lowest BCUT2D eigenvalue weighted by Gasteiger charge is -1.97. The Morgan fingerprint density at radius 1 is 1.21 bits per heavy atom. The van der Waals surface area contributed by atoms with Gasteiger partial charge in [-0.1, -0.05) is 42.5 Å². The summed E-state index contributed by atoms with van der Waals surface area (Å²) in [6.45, 7) is 2.41. The summed E-state index contributed by atoms with van der Waals surface area (Å²) in [5.41, 5.74) is 1.07. The highest BCUT2D eigenvalue weighted by atomic mass is 16.5. The summed E-state index contributed by atoms with van der Waals surface area (Å²) in [4.78, 5) is 22.3. The Morgan fingerprint density at radius 2 is 1.95 bits per heavy atom. The fourth-order valence-corrected chi connectivity index (χ4v) is 1.31. The molecule has 1 rings (SSSR count). The third-order valence-corrected chi connectivity index (χ3v) is 2.16. The lowest BCUT2D eigenvalue weighted by atomic mass is 10.2. The van der Waals surface area contributed by atoms with E-state index in [-0.39, 0.29) is 5.91 Å². The van der Waals surface area contributed by atoms with Crippen LogP contribution in [0.15, 0.2) is 48.6 Å². The number of nitrogens with one attached hydrogen (secondary N) is 1. The maximum Gasteiger partial charge on any atom is 0.330 e. The molecule has 0 heterocycles. The third kappa shape index (κ3) is 6.83. The van der Waals surface area contributed by atoms with E-state index in [0.717, 1.165) is 17.7 Å². The van der Waals surface area contributed by atoms with Gasteiger partial charge in [0, 0.05) is 18.7 Å². The molecule has 19 heavy (non-hydrogen) atoms. The highest BCUT2D eigenvalue weighted by Crippen LogP contribution is 1.99. The number of ether oxygens (including phenoxy) is 1. The molecule has 1 aromatic rings. The lowest BCUT2D eigenvalue weighted by molar-refractivity contribution is -0.137. The van der Waals surface area contributed by atoms with Crippen LogP contribution in [-0.4, -0.2) is 25.0 Å². The monoisotopic (exact) mass is 259 g/mol. The van der Waals surface area contributed by atoms with Crippen LogP contribution in [0, 0.1) is 0 Å². The molecule has 0 radical (unpaired) electrons. The lowest BCUT2D eigenvalue weighted by Crippen LogP contribution is -2.21. The van der Waals surface area contributed by atoms with E-state index in [1.807, 2.05) is 42.5 Å². The maximum atomic E-state index is 11.3. The van der Waals surface area contributed by atoms with Crippen molar-refractivity contribution in [1.29, 1.82) is 0 Å². The molecular formula is C15H17NO3. The van der Waals surface area contributed by atoms with Gasteiger partial charge >= 0.3 is 5.97 Å². The zero-order chi connectivity index (χ0) is 13.9. The Morgan fingerprint density at radius 3 is 2.63 bits per heavy atom. The SMILES string of the molecule is CCOC(=O)C=CC(=O)NCC=Cc1ccccc1. The molecular weight excluding hydrogens is 242 g/mol. The van der Waals surface area contributed by atoms with Crippen LogP contribution in [0.25, 0.3) is 6.08 Å². The highest BCUT2D eigenvalue weighted by Gasteiger charge is 1.96. The van der Waals surface area contributed by atoms with Crippen LogP contribution in [0.3, 0.4) is 0 Å². The summed E-state index contributed by atoms with van der Waals surface area (Å²) in [7, 11) is 0. The van der Waals surface area contributed by atoms with Crippen molar-refractivity contribution < 1.29 is 14.3 Å². The summed E-state index contributed by atoms with van der Waals surface area (Å²) >= 11 is 0. The van der Waals surface area contributed by atoms with E-state index in [4.69, 9.17) is 0 Å². The van der Waals surface area contributed by atoms with Gasteiger partial charge in [0.15, 0.2) is 0 Å². The van der Waals surface area contributed by atoms with Crippen LogP contribution in [0.5, 0.6) is 0 Å². The maximum absolute atomic E-state index is 11.3. The Balaban J connectivity index is 2.27. The predicted molar refractivity (Wildman–Crippen MR) is 74.3 cm³/mol. The summed E-state index contributed by atoms with van der Waals surface area (Å²) in [6.07, 6.45) is 6.02. The van der Waals surface area contributed by atoms with Crippen LogP contribution < -0.4 is 5.32 Å². The molecule has 1 amide bonds. The van der Waals surface area contributed by atoms with Crippen molar-refractivity contribution in [3.8, 4) is 0 Å². The summed E-state index contributed by atoms with van der Waals surface area (Å²) in [6, 6.07) is 9.78. The Hall–Kier alpha value is -2.36. The summed E-state index contributed by atoms with van der Waals surface area (Å²) in [5.74, 6) is -0.844. The van der Waals surface area contributed by atoms with Crippen LogP contribution in [-0.2, 0) is 14.3 Å². The quantitative estimate of drug-likeness (QED) is 0.627. The number of hydrogen-bond donors (Lipinski definition) is 1. The fourth-order valence-electron chi connectivity index (χ4n) is 1.31. The first-order valence-electron chi connectivity index (χ1n) is 6.06. The number of carbonyl (C=O) groups is 2. The minimum absolute atomic E-state index is 0.296. The van der Waals surface area contributed by atoms with Crippen LogP contribution >= 0.6 is 0 Å². The van der Waals surface area contributed by atoms with E-state index < -0.39 is 5.97 Å². The summed E-state index contributed by atoms with van der Waals surface area (Å²) in [5, 5.41) is 2.63. The number of hydrogen-bond acceptors (Lipinski definition) is 3. The molecule has 0 aliphatic heterocycles. The van der Waals surface area contributed by atoms with Gasteiger partial charge in [-0.3, -0.25) is 4.79 Å². The van der Waals surface area contributed by atoms with Gasteiger partial charge in [0.25, 0.3) is 0 Å². The normalized spacial score (nSPS) is 10.8. The van der Waals surface area contributed by atoms with E-state index in [9.17, 15) is 9.59 Å². The number of benzene rings is 1. The number of esters is 1. The molecule has 4 heteroatoms. The van der Waals surface area contributed by atoms with Crippen molar-refractivity contribution in [3.63, 3.8) is 0 Å². The zero-order valence-electron chi connectivity index (χ0n) is 10.8. The van der Waals surface area contributed by atoms with Crippen molar-refractivity contribution >= 4 is 18.0 Å². The first-order valence-corrected chi connectivity index (χ1v) is 6.06. The minimum Gasteiger partial charge on any atom is -0.463 e. The van der Waals surface area contributed by atoms with Gasteiger partial charge in [-0.15, -0.1) is 0 Å². The number of carbonyl (C=O) groups excluding carboxylic acids is 2. The van der Waals surface area contributed by atoms with Gasteiger partial charge in [-0.25, -0.2) is 4.79 Å². The average Bonchev–Trinajstić information content (AvgIpc) is 2.43. The summed E-state index contributed by atoms with van der Waals surface area (Å²) < 4.78 is 4.66.